The molecule has 0 spiro atoms. The molecule has 24 heavy (non-hydrogen) atoms. The Kier molecular flexibility index (Phi) is 5.65. The number of benzene rings is 1. The fourth-order valence-electron chi connectivity index (χ4n) is 3.36. The van der Waals surface area contributed by atoms with E-state index in [9.17, 15) is 9.59 Å². The van der Waals surface area contributed by atoms with Crippen LogP contribution in [0.5, 0.6) is 5.75 Å². The zero-order chi connectivity index (χ0) is 17.8. The van der Waals surface area contributed by atoms with Crippen LogP contribution in [0.2, 0.25) is 0 Å². The average Bonchev–Trinajstić information content (AvgIpc) is 2.54. The van der Waals surface area contributed by atoms with E-state index in [1.54, 1.807) is 7.11 Å². The molecule has 0 saturated carbocycles. The summed E-state index contributed by atoms with van der Waals surface area (Å²) in [7, 11) is 1.61. The number of nitrogens with one attached hydrogen (secondary N) is 1. The predicted molar refractivity (Wildman–Crippen MR) is 92.2 cm³/mol. The van der Waals surface area contributed by atoms with Gasteiger partial charge in [0.05, 0.1) is 7.11 Å². The van der Waals surface area contributed by atoms with E-state index in [1.807, 2.05) is 45.0 Å². The second kappa shape index (κ2) is 7.34. The lowest BCUT2D eigenvalue weighted by Crippen LogP contribution is -2.49. The highest BCUT2D eigenvalue weighted by molar-refractivity contribution is 5.90. The lowest BCUT2D eigenvalue weighted by Gasteiger charge is -2.41. The standard InChI is InChI=1S/C19H27NO4/c1-18(2,3)24-17(22)16(13-21)19(8-10-20-11-9-19)14-6-5-7-15(12-14)23-4/h5-7,12-13,16,20H,8-11H2,1-4H3. The van der Waals surface area contributed by atoms with Crippen molar-refractivity contribution < 1.29 is 19.1 Å². The SMILES string of the molecule is COc1cccc(C2(C(C=O)C(=O)OC(C)(C)C)CCNCC2)c1. The Labute approximate surface area is 143 Å². The number of hydrogen-bond donors (Lipinski definition) is 1. The average molecular weight is 333 g/mol. The minimum absolute atomic E-state index is 0.456. The third-order valence-electron chi connectivity index (χ3n) is 4.53. The predicted octanol–water partition coefficient (Wildman–Crippen LogP) is 2.47. The smallest absolute Gasteiger partial charge is 0.317 e. The van der Waals surface area contributed by atoms with Crippen molar-refractivity contribution in [1.29, 1.82) is 0 Å². The highest BCUT2D eigenvalue weighted by Crippen LogP contribution is 2.42. The number of carbonyl (C=O) groups is 2. The first-order chi connectivity index (χ1) is 11.3. The third-order valence-corrected chi connectivity index (χ3v) is 4.53. The first-order valence-corrected chi connectivity index (χ1v) is 8.36. The fourth-order valence-corrected chi connectivity index (χ4v) is 3.36. The van der Waals surface area contributed by atoms with Gasteiger partial charge in [0.15, 0.2) is 0 Å². The first kappa shape index (κ1) is 18.5. The maximum absolute atomic E-state index is 12.7. The second-order valence-corrected chi connectivity index (χ2v) is 7.29. The normalized spacial score (nSPS) is 18.5. The van der Waals surface area contributed by atoms with E-state index in [-0.39, 0.29) is 0 Å². The first-order valence-electron chi connectivity index (χ1n) is 8.36. The summed E-state index contributed by atoms with van der Waals surface area (Å²) in [6, 6.07) is 7.65. The van der Waals surface area contributed by atoms with Crippen molar-refractivity contribution in [3.05, 3.63) is 29.8 Å². The Bertz CT molecular complexity index is 585. The zero-order valence-corrected chi connectivity index (χ0v) is 14.9. The molecule has 5 heteroatoms. The Balaban J connectivity index is 2.45. The molecule has 1 unspecified atom stereocenters. The van der Waals surface area contributed by atoms with Crippen LogP contribution in [0.3, 0.4) is 0 Å². The van der Waals surface area contributed by atoms with Gasteiger partial charge in [0, 0.05) is 5.41 Å². The van der Waals surface area contributed by atoms with Crippen LogP contribution in [0.4, 0.5) is 0 Å². The molecule has 1 aromatic rings. The molecule has 0 amide bonds. The monoisotopic (exact) mass is 333 g/mol. The van der Waals surface area contributed by atoms with Crippen molar-refractivity contribution in [3.8, 4) is 5.75 Å². The van der Waals surface area contributed by atoms with Crippen molar-refractivity contribution in [1.82, 2.24) is 5.32 Å². The molecule has 0 aromatic heterocycles. The Morgan fingerprint density at radius 3 is 2.50 bits per heavy atom. The number of piperidine rings is 1. The van der Waals surface area contributed by atoms with E-state index < -0.39 is 22.9 Å². The molecule has 5 nitrogen and oxygen atoms in total. The quantitative estimate of drug-likeness (QED) is 0.509. The van der Waals surface area contributed by atoms with Gasteiger partial charge in [-0.1, -0.05) is 12.1 Å². The summed E-state index contributed by atoms with van der Waals surface area (Å²) >= 11 is 0. The minimum atomic E-state index is -0.828. The Morgan fingerprint density at radius 2 is 1.96 bits per heavy atom. The van der Waals surface area contributed by atoms with Gasteiger partial charge in [-0.3, -0.25) is 4.79 Å². The highest BCUT2D eigenvalue weighted by atomic mass is 16.6. The van der Waals surface area contributed by atoms with Crippen LogP contribution in [0.25, 0.3) is 0 Å². The van der Waals surface area contributed by atoms with Gasteiger partial charge >= 0.3 is 5.97 Å². The molecule has 1 saturated heterocycles. The number of ether oxygens (including phenoxy) is 2. The minimum Gasteiger partial charge on any atom is -0.497 e. The lowest BCUT2D eigenvalue weighted by molar-refractivity contribution is -0.163. The second-order valence-electron chi connectivity index (χ2n) is 7.29. The number of methoxy groups -OCH3 is 1. The van der Waals surface area contributed by atoms with Crippen LogP contribution in [-0.2, 0) is 19.7 Å². The van der Waals surface area contributed by atoms with Gasteiger partial charge in [-0.2, -0.15) is 0 Å². The van der Waals surface area contributed by atoms with Gasteiger partial charge in [-0.05, 0) is 64.4 Å². The Hall–Kier alpha value is -1.88. The van der Waals surface area contributed by atoms with Crippen LogP contribution >= 0.6 is 0 Å². The summed E-state index contributed by atoms with van der Waals surface area (Å²) in [5.41, 5.74) is -0.239. The maximum atomic E-state index is 12.7. The van der Waals surface area contributed by atoms with Crippen molar-refractivity contribution in [3.63, 3.8) is 0 Å². The molecular formula is C19H27NO4. The molecule has 1 aliphatic heterocycles. The number of hydrogen-bond acceptors (Lipinski definition) is 5. The molecule has 0 aliphatic carbocycles. The van der Waals surface area contributed by atoms with Crippen LogP contribution in [-0.4, -0.2) is 38.1 Å². The van der Waals surface area contributed by atoms with E-state index >= 15 is 0 Å². The lowest BCUT2D eigenvalue weighted by atomic mass is 9.65. The maximum Gasteiger partial charge on any atom is 0.317 e. The molecular weight excluding hydrogens is 306 g/mol. The molecule has 132 valence electrons. The number of esters is 1. The molecule has 0 bridgehead atoms. The van der Waals surface area contributed by atoms with Gasteiger partial charge in [-0.15, -0.1) is 0 Å². The van der Waals surface area contributed by atoms with E-state index in [2.05, 4.69) is 5.32 Å². The molecule has 1 aromatic carbocycles. The molecule has 1 atom stereocenters. The summed E-state index contributed by atoms with van der Waals surface area (Å²) in [6.07, 6.45) is 2.14. The number of aldehydes is 1. The highest BCUT2D eigenvalue weighted by Gasteiger charge is 2.46. The summed E-state index contributed by atoms with van der Waals surface area (Å²) < 4.78 is 10.9. The van der Waals surface area contributed by atoms with E-state index in [0.29, 0.717) is 12.8 Å². The van der Waals surface area contributed by atoms with Crippen LogP contribution in [0, 0.1) is 5.92 Å². The van der Waals surface area contributed by atoms with Gasteiger partial charge in [0.25, 0.3) is 0 Å². The van der Waals surface area contributed by atoms with Crippen molar-refractivity contribution in [2.75, 3.05) is 20.2 Å². The van der Waals surface area contributed by atoms with E-state index in [1.165, 1.54) is 0 Å². The van der Waals surface area contributed by atoms with E-state index in [4.69, 9.17) is 9.47 Å². The van der Waals surface area contributed by atoms with Gasteiger partial charge in [-0.25, -0.2) is 0 Å². The van der Waals surface area contributed by atoms with Gasteiger partial charge < -0.3 is 19.6 Å². The largest absolute Gasteiger partial charge is 0.497 e. The van der Waals surface area contributed by atoms with Crippen molar-refractivity contribution in [2.45, 2.75) is 44.6 Å². The van der Waals surface area contributed by atoms with Crippen molar-refractivity contribution in [2.24, 2.45) is 5.92 Å². The molecule has 1 fully saturated rings. The molecule has 0 radical (unpaired) electrons. The van der Waals surface area contributed by atoms with Crippen LogP contribution in [0.1, 0.15) is 39.2 Å². The molecule has 2 rings (SSSR count). The van der Waals surface area contributed by atoms with Gasteiger partial charge in [0.2, 0.25) is 0 Å². The molecule has 1 aliphatic rings. The van der Waals surface area contributed by atoms with Crippen molar-refractivity contribution >= 4 is 12.3 Å². The topological polar surface area (TPSA) is 64.6 Å². The number of carbonyl (C=O) groups excluding carboxylic acids is 2. The summed E-state index contributed by atoms with van der Waals surface area (Å²) in [5, 5.41) is 3.30. The summed E-state index contributed by atoms with van der Waals surface area (Å²) in [4.78, 5) is 24.6. The number of rotatable bonds is 5. The zero-order valence-electron chi connectivity index (χ0n) is 14.9. The fraction of sp³-hybridized carbons (Fsp3) is 0.579. The summed E-state index contributed by atoms with van der Waals surface area (Å²) in [5.74, 6) is -0.563. The van der Waals surface area contributed by atoms with E-state index in [0.717, 1.165) is 30.7 Å². The summed E-state index contributed by atoms with van der Waals surface area (Å²) in [6.45, 7) is 6.95. The van der Waals surface area contributed by atoms with Crippen LogP contribution in [0.15, 0.2) is 24.3 Å². The molecule has 1 N–H and O–H groups in total. The third kappa shape index (κ3) is 3.96. The Morgan fingerprint density at radius 1 is 1.29 bits per heavy atom. The van der Waals surface area contributed by atoms with Crippen LogP contribution < -0.4 is 10.1 Å². The molecule has 1 heterocycles. The van der Waals surface area contributed by atoms with Gasteiger partial charge in [0.1, 0.15) is 23.6 Å².